The lowest BCUT2D eigenvalue weighted by Gasteiger charge is -2.35. The van der Waals surface area contributed by atoms with Crippen LogP contribution in [0.4, 0.5) is 5.69 Å². The molecule has 0 spiro atoms. The quantitative estimate of drug-likeness (QED) is 0.525. The van der Waals surface area contributed by atoms with Crippen molar-refractivity contribution in [3.05, 3.63) is 50.5 Å². The van der Waals surface area contributed by atoms with E-state index in [0.29, 0.717) is 5.03 Å². The Morgan fingerprint density at radius 2 is 1.90 bits per heavy atom. The molecule has 29 heavy (non-hydrogen) atoms. The van der Waals surface area contributed by atoms with Crippen LogP contribution in [-0.4, -0.2) is 59.4 Å². The average Bonchev–Trinajstić information content (AvgIpc) is 3.19. The molecule has 1 fully saturated rings. The molecule has 1 aliphatic carbocycles. The third-order valence-corrected chi connectivity index (χ3v) is 6.86. The highest BCUT2D eigenvalue weighted by molar-refractivity contribution is 9.10. The van der Waals surface area contributed by atoms with Gasteiger partial charge in [0.1, 0.15) is 5.03 Å². The summed E-state index contributed by atoms with van der Waals surface area (Å²) >= 11 is 4.74. The van der Waals surface area contributed by atoms with E-state index in [0.717, 1.165) is 66.9 Å². The molecule has 1 aromatic heterocycles. The minimum Gasteiger partial charge on any atom is -0.325 e. The standard InChI is InChI=1S/C20H24BrN5O2S/c1-24-9-11-25(12-10-24)26-17-4-2-3-16(17)19(23-20(26)28)29-13-18(27)22-15-7-5-14(21)6-8-15/h5-8H,2-4,9-13H2,1H3,(H,22,27). The molecule has 0 unspecified atom stereocenters. The first-order valence-corrected chi connectivity index (χ1v) is 11.6. The number of benzene rings is 1. The normalized spacial score (nSPS) is 16.7. The Balaban J connectivity index is 1.48. The van der Waals surface area contributed by atoms with Crippen LogP contribution in [-0.2, 0) is 17.6 Å². The highest BCUT2D eigenvalue weighted by atomic mass is 79.9. The van der Waals surface area contributed by atoms with Gasteiger partial charge in [0.05, 0.1) is 11.4 Å². The van der Waals surface area contributed by atoms with Crippen LogP contribution < -0.4 is 16.0 Å². The van der Waals surface area contributed by atoms with Gasteiger partial charge in [-0.3, -0.25) is 4.79 Å². The van der Waals surface area contributed by atoms with Crippen molar-refractivity contribution in [1.82, 2.24) is 14.6 Å². The van der Waals surface area contributed by atoms with E-state index in [4.69, 9.17) is 0 Å². The molecule has 154 valence electrons. The largest absolute Gasteiger partial charge is 0.367 e. The number of thioether (sulfide) groups is 1. The predicted octanol–water partition coefficient (Wildman–Crippen LogP) is 2.11. The first-order chi connectivity index (χ1) is 14.0. The number of amides is 1. The molecule has 1 amide bonds. The zero-order valence-corrected chi connectivity index (χ0v) is 18.8. The van der Waals surface area contributed by atoms with Crippen molar-refractivity contribution in [3.63, 3.8) is 0 Å². The molecule has 1 aliphatic heterocycles. The number of anilines is 1. The first kappa shape index (κ1) is 20.4. The average molecular weight is 478 g/mol. The van der Waals surface area contributed by atoms with Crippen LogP contribution in [0.5, 0.6) is 0 Å². The topological polar surface area (TPSA) is 70.5 Å². The molecule has 2 heterocycles. The maximum Gasteiger partial charge on any atom is 0.367 e. The number of aromatic nitrogens is 2. The van der Waals surface area contributed by atoms with Crippen LogP contribution in [0, 0.1) is 0 Å². The molecular weight excluding hydrogens is 454 g/mol. The minimum absolute atomic E-state index is 0.103. The van der Waals surface area contributed by atoms with Crippen molar-refractivity contribution in [1.29, 1.82) is 0 Å². The van der Waals surface area contributed by atoms with E-state index in [1.807, 2.05) is 24.3 Å². The molecule has 0 radical (unpaired) electrons. The maximum absolute atomic E-state index is 12.8. The second-order valence-electron chi connectivity index (χ2n) is 7.39. The minimum atomic E-state index is -0.231. The highest BCUT2D eigenvalue weighted by Gasteiger charge is 2.26. The zero-order valence-electron chi connectivity index (χ0n) is 16.4. The molecule has 9 heteroatoms. The van der Waals surface area contributed by atoms with Crippen molar-refractivity contribution in [3.8, 4) is 0 Å². The van der Waals surface area contributed by atoms with E-state index in [1.165, 1.54) is 11.8 Å². The molecule has 1 saturated heterocycles. The number of carbonyl (C=O) groups excluding carboxylic acids is 1. The molecular formula is C20H24BrN5O2S. The van der Waals surface area contributed by atoms with E-state index in [2.05, 4.69) is 43.2 Å². The smallest absolute Gasteiger partial charge is 0.325 e. The summed E-state index contributed by atoms with van der Waals surface area (Å²) in [5.41, 5.74) is 2.73. The van der Waals surface area contributed by atoms with Crippen LogP contribution >= 0.6 is 27.7 Å². The van der Waals surface area contributed by atoms with Crippen LogP contribution in [0.2, 0.25) is 0 Å². The first-order valence-electron chi connectivity index (χ1n) is 9.78. The molecule has 1 aromatic carbocycles. The van der Waals surface area contributed by atoms with Crippen molar-refractivity contribution < 1.29 is 4.79 Å². The van der Waals surface area contributed by atoms with Gasteiger partial charge in [0.15, 0.2) is 0 Å². The summed E-state index contributed by atoms with van der Waals surface area (Å²) in [5, 5.41) is 5.71. The molecule has 0 bridgehead atoms. The van der Waals surface area contributed by atoms with Crippen molar-refractivity contribution in [2.45, 2.75) is 24.3 Å². The van der Waals surface area contributed by atoms with Gasteiger partial charge in [0.2, 0.25) is 5.91 Å². The Kier molecular flexibility index (Phi) is 6.26. The van der Waals surface area contributed by atoms with Crippen LogP contribution in [0.3, 0.4) is 0 Å². The number of nitrogens with one attached hydrogen (secondary N) is 1. The Bertz CT molecular complexity index is 955. The van der Waals surface area contributed by atoms with E-state index in [9.17, 15) is 9.59 Å². The van der Waals surface area contributed by atoms with Gasteiger partial charge in [-0.25, -0.2) is 9.47 Å². The van der Waals surface area contributed by atoms with Crippen molar-refractivity contribution in [2.24, 2.45) is 0 Å². The summed E-state index contributed by atoms with van der Waals surface area (Å²) in [5.74, 6) is 0.127. The predicted molar refractivity (Wildman–Crippen MR) is 119 cm³/mol. The lowest BCUT2D eigenvalue weighted by Crippen LogP contribution is -2.54. The van der Waals surface area contributed by atoms with Crippen LogP contribution in [0.1, 0.15) is 17.7 Å². The van der Waals surface area contributed by atoms with E-state index >= 15 is 0 Å². The van der Waals surface area contributed by atoms with E-state index in [-0.39, 0.29) is 17.3 Å². The molecule has 2 aromatic rings. The molecule has 1 N–H and O–H groups in total. The van der Waals surface area contributed by atoms with Gasteiger partial charge in [-0.2, -0.15) is 4.98 Å². The van der Waals surface area contributed by atoms with Gasteiger partial charge < -0.3 is 15.2 Å². The fourth-order valence-electron chi connectivity index (χ4n) is 3.78. The summed E-state index contributed by atoms with van der Waals surface area (Å²) in [7, 11) is 2.10. The summed E-state index contributed by atoms with van der Waals surface area (Å²) in [6, 6.07) is 7.46. The number of hydrogen-bond acceptors (Lipinski definition) is 6. The lowest BCUT2D eigenvalue weighted by atomic mass is 10.3. The Morgan fingerprint density at radius 1 is 1.17 bits per heavy atom. The van der Waals surface area contributed by atoms with Gasteiger partial charge in [-0.05, 0) is 50.6 Å². The number of halogens is 1. The van der Waals surface area contributed by atoms with E-state index < -0.39 is 0 Å². The number of nitrogens with zero attached hydrogens (tertiary/aromatic N) is 4. The summed E-state index contributed by atoms with van der Waals surface area (Å²) in [6.45, 7) is 3.53. The summed E-state index contributed by atoms with van der Waals surface area (Å²) in [6.07, 6.45) is 2.82. The highest BCUT2D eigenvalue weighted by Crippen LogP contribution is 2.29. The summed E-state index contributed by atoms with van der Waals surface area (Å²) < 4.78 is 2.76. The number of carbonyl (C=O) groups is 1. The second-order valence-corrected chi connectivity index (χ2v) is 9.27. The van der Waals surface area contributed by atoms with Crippen molar-refractivity contribution >= 4 is 39.3 Å². The Hall–Kier alpha value is -1.84. The van der Waals surface area contributed by atoms with Crippen LogP contribution in [0.25, 0.3) is 0 Å². The molecule has 7 nitrogen and oxygen atoms in total. The second kappa shape index (κ2) is 8.89. The molecule has 4 rings (SSSR count). The van der Waals surface area contributed by atoms with Crippen LogP contribution in [0.15, 0.2) is 38.6 Å². The van der Waals surface area contributed by atoms with Gasteiger partial charge in [-0.15, -0.1) is 0 Å². The Labute approximate surface area is 182 Å². The van der Waals surface area contributed by atoms with Gasteiger partial charge in [0.25, 0.3) is 0 Å². The maximum atomic E-state index is 12.8. The lowest BCUT2D eigenvalue weighted by molar-refractivity contribution is -0.113. The zero-order chi connectivity index (χ0) is 20.4. The van der Waals surface area contributed by atoms with Gasteiger partial charge in [-0.1, -0.05) is 27.7 Å². The number of hydrogen-bond donors (Lipinski definition) is 1. The monoisotopic (exact) mass is 477 g/mol. The molecule has 0 atom stereocenters. The third kappa shape index (κ3) is 4.67. The molecule has 0 saturated carbocycles. The fraction of sp³-hybridized carbons (Fsp3) is 0.450. The van der Waals surface area contributed by atoms with Gasteiger partial charge >= 0.3 is 5.69 Å². The van der Waals surface area contributed by atoms with Crippen molar-refractivity contribution in [2.75, 3.05) is 49.3 Å². The number of likely N-dealkylation sites (N-methyl/N-ethyl adjacent to an activating group) is 1. The molecule has 2 aliphatic rings. The number of rotatable bonds is 5. The number of piperazine rings is 1. The fourth-order valence-corrected chi connectivity index (χ4v) is 4.92. The SMILES string of the molecule is CN1CCN(n2c3c(c(SCC(=O)Nc4ccc(Br)cc4)nc2=O)CCC3)CC1. The third-order valence-electron chi connectivity index (χ3n) is 5.31. The number of fused-ring (bicyclic) bond motifs is 1. The van der Waals surface area contributed by atoms with Gasteiger partial charge in [0, 0.05) is 41.9 Å². The summed E-state index contributed by atoms with van der Waals surface area (Å²) in [4.78, 5) is 31.8. The Morgan fingerprint density at radius 3 is 2.62 bits per heavy atom. The van der Waals surface area contributed by atoms with E-state index in [1.54, 1.807) is 4.68 Å².